The van der Waals surface area contributed by atoms with E-state index in [4.69, 9.17) is 14.6 Å². The Morgan fingerprint density at radius 2 is 1.82 bits per heavy atom. The second-order valence-electron chi connectivity index (χ2n) is 5.25. The number of carbonyl (C=O) groups is 2. The third kappa shape index (κ3) is 4.95. The van der Waals surface area contributed by atoms with Crippen LogP contribution in [0, 0.1) is 5.92 Å². The summed E-state index contributed by atoms with van der Waals surface area (Å²) in [6.45, 7) is 3.57. The Kier molecular flexibility index (Phi) is 6.69. The molecule has 1 amide bonds. The fourth-order valence-corrected chi connectivity index (χ4v) is 2.10. The van der Waals surface area contributed by atoms with Crippen LogP contribution in [0.1, 0.15) is 19.4 Å². The average Bonchev–Trinajstić information content (AvgIpc) is 2.49. The van der Waals surface area contributed by atoms with Gasteiger partial charge in [-0.15, -0.1) is 0 Å². The third-order valence-corrected chi connectivity index (χ3v) is 3.25. The zero-order chi connectivity index (χ0) is 16.7. The number of nitrogens with zero attached hydrogens (tertiary/aromatic N) is 1. The van der Waals surface area contributed by atoms with E-state index in [0.29, 0.717) is 24.5 Å². The molecule has 0 aliphatic rings. The molecule has 0 radical (unpaired) electrons. The maximum absolute atomic E-state index is 12.0. The summed E-state index contributed by atoms with van der Waals surface area (Å²) in [7, 11) is 3.12. The number of carboxylic acids is 1. The maximum atomic E-state index is 12.0. The van der Waals surface area contributed by atoms with Crippen molar-refractivity contribution in [1.82, 2.24) is 4.90 Å². The van der Waals surface area contributed by atoms with E-state index in [1.807, 2.05) is 12.1 Å². The van der Waals surface area contributed by atoms with Crippen molar-refractivity contribution >= 4 is 11.9 Å². The van der Waals surface area contributed by atoms with Gasteiger partial charge in [0.25, 0.3) is 0 Å². The number of carbonyl (C=O) groups excluding carboxylic acids is 1. The van der Waals surface area contributed by atoms with Crippen LogP contribution in [0.5, 0.6) is 11.5 Å². The van der Waals surface area contributed by atoms with Gasteiger partial charge in [-0.25, -0.2) is 0 Å². The van der Waals surface area contributed by atoms with Crippen LogP contribution in [0.15, 0.2) is 18.2 Å². The van der Waals surface area contributed by atoms with Gasteiger partial charge in [-0.05, 0) is 24.1 Å². The van der Waals surface area contributed by atoms with Gasteiger partial charge in [0.1, 0.15) is 6.54 Å². The molecule has 0 aliphatic heterocycles. The van der Waals surface area contributed by atoms with E-state index in [9.17, 15) is 9.59 Å². The molecule has 0 saturated heterocycles. The first-order valence-electron chi connectivity index (χ1n) is 7.10. The molecule has 0 aromatic heterocycles. The number of carboxylic acid groups (broad SMARTS) is 1. The molecule has 0 atom stereocenters. The fraction of sp³-hybridized carbons (Fsp3) is 0.500. The highest BCUT2D eigenvalue weighted by atomic mass is 16.5. The summed E-state index contributed by atoms with van der Waals surface area (Å²) in [5, 5.41) is 8.93. The lowest BCUT2D eigenvalue weighted by molar-refractivity contribution is -0.145. The molecule has 0 heterocycles. The van der Waals surface area contributed by atoms with E-state index >= 15 is 0 Å². The van der Waals surface area contributed by atoms with Crippen LogP contribution in [-0.2, 0) is 16.0 Å². The Hall–Kier alpha value is -2.24. The van der Waals surface area contributed by atoms with Gasteiger partial charge in [0, 0.05) is 12.5 Å². The van der Waals surface area contributed by atoms with E-state index < -0.39 is 5.97 Å². The van der Waals surface area contributed by atoms with E-state index in [1.165, 1.54) is 4.90 Å². The lowest BCUT2D eigenvalue weighted by Crippen LogP contribution is -2.39. The average molecular weight is 309 g/mol. The molecule has 1 aromatic carbocycles. The van der Waals surface area contributed by atoms with E-state index in [-0.39, 0.29) is 18.4 Å². The Balaban J connectivity index is 2.79. The minimum absolute atomic E-state index is 0.164. The Morgan fingerprint density at radius 1 is 1.18 bits per heavy atom. The first-order valence-corrected chi connectivity index (χ1v) is 7.10. The molecule has 1 aromatic rings. The standard InChI is InChI=1S/C16H23NO5/c1-11(2)16(20)17(10-15(18)19)8-7-12-5-6-13(21-3)14(9-12)22-4/h5-6,9,11H,7-8,10H2,1-4H3,(H,18,19). The van der Waals surface area contributed by atoms with Gasteiger partial charge < -0.3 is 19.5 Å². The van der Waals surface area contributed by atoms with Crippen molar-refractivity contribution in [2.24, 2.45) is 5.92 Å². The van der Waals surface area contributed by atoms with Crippen LogP contribution in [0.2, 0.25) is 0 Å². The fourth-order valence-electron chi connectivity index (χ4n) is 2.10. The number of hydrogen-bond donors (Lipinski definition) is 1. The summed E-state index contributed by atoms with van der Waals surface area (Å²) < 4.78 is 10.4. The van der Waals surface area contributed by atoms with Crippen LogP contribution >= 0.6 is 0 Å². The molecule has 6 heteroatoms. The zero-order valence-corrected chi connectivity index (χ0v) is 13.5. The first kappa shape index (κ1) is 17.8. The minimum atomic E-state index is -1.01. The van der Waals surface area contributed by atoms with Crippen molar-refractivity contribution in [3.63, 3.8) is 0 Å². The molecular formula is C16H23NO5. The monoisotopic (exact) mass is 309 g/mol. The quantitative estimate of drug-likeness (QED) is 0.792. The molecule has 0 saturated carbocycles. The van der Waals surface area contributed by atoms with Crippen molar-refractivity contribution in [3.05, 3.63) is 23.8 Å². The summed E-state index contributed by atoms with van der Waals surface area (Å²) in [4.78, 5) is 24.3. The second-order valence-corrected chi connectivity index (χ2v) is 5.25. The molecule has 0 spiro atoms. The lowest BCUT2D eigenvalue weighted by atomic mass is 10.1. The summed E-state index contributed by atoms with van der Waals surface area (Å²) in [6.07, 6.45) is 0.548. The summed E-state index contributed by atoms with van der Waals surface area (Å²) in [5.74, 6) is -0.166. The van der Waals surface area contributed by atoms with Crippen LogP contribution in [0.3, 0.4) is 0 Å². The number of benzene rings is 1. The Morgan fingerprint density at radius 3 is 2.32 bits per heavy atom. The van der Waals surface area contributed by atoms with Crippen molar-refractivity contribution in [2.45, 2.75) is 20.3 Å². The highest BCUT2D eigenvalue weighted by Gasteiger charge is 2.19. The van der Waals surface area contributed by atoms with Gasteiger partial charge in [-0.1, -0.05) is 19.9 Å². The molecule has 0 bridgehead atoms. The Bertz CT molecular complexity index is 527. The maximum Gasteiger partial charge on any atom is 0.323 e. The highest BCUT2D eigenvalue weighted by Crippen LogP contribution is 2.27. The summed E-state index contributed by atoms with van der Waals surface area (Å²) >= 11 is 0. The van der Waals surface area contributed by atoms with Crippen LogP contribution in [-0.4, -0.2) is 49.2 Å². The number of amides is 1. The molecular weight excluding hydrogens is 286 g/mol. The first-order chi connectivity index (χ1) is 10.4. The summed E-state index contributed by atoms with van der Waals surface area (Å²) in [6, 6.07) is 5.50. The number of methoxy groups -OCH3 is 2. The number of aliphatic carboxylic acids is 1. The smallest absolute Gasteiger partial charge is 0.323 e. The largest absolute Gasteiger partial charge is 0.493 e. The normalized spacial score (nSPS) is 10.4. The van der Waals surface area contributed by atoms with E-state index in [0.717, 1.165) is 5.56 Å². The zero-order valence-electron chi connectivity index (χ0n) is 13.5. The van der Waals surface area contributed by atoms with Crippen molar-refractivity contribution in [3.8, 4) is 11.5 Å². The van der Waals surface area contributed by atoms with Crippen molar-refractivity contribution < 1.29 is 24.2 Å². The summed E-state index contributed by atoms with van der Waals surface area (Å²) in [5.41, 5.74) is 0.949. The predicted octanol–water partition coefficient (Wildman–Crippen LogP) is 1.82. The van der Waals surface area contributed by atoms with Crippen molar-refractivity contribution in [2.75, 3.05) is 27.3 Å². The molecule has 122 valence electrons. The molecule has 0 aliphatic carbocycles. The lowest BCUT2D eigenvalue weighted by Gasteiger charge is -2.23. The second kappa shape index (κ2) is 8.26. The van der Waals surface area contributed by atoms with Crippen LogP contribution < -0.4 is 9.47 Å². The molecule has 0 unspecified atom stereocenters. The van der Waals surface area contributed by atoms with Gasteiger partial charge in [0.05, 0.1) is 14.2 Å². The van der Waals surface area contributed by atoms with E-state index in [2.05, 4.69) is 0 Å². The Labute approximate surface area is 130 Å². The van der Waals surface area contributed by atoms with Crippen molar-refractivity contribution in [1.29, 1.82) is 0 Å². The van der Waals surface area contributed by atoms with Crippen LogP contribution in [0.25, 0.3) is 0 Å². The van der Waals surface area contributed by atoms with Gasteiger partial charge in [-0.3, -0.25) is 9.59 Å². The van der Waals surface area contributed by atoms with Gasteiger partial charge in [0.2, 0.25) is 5.91 Å². The third-order valence-electron chi connectivity index (χ3n) is 3.25. The van der Waals surface area contributed by atoms with Crippen LogP contribution in [0.4, 0.5) is 0 Å². The topological polar surface area (TPSA) is 76.1 Å². The number of ether oxygens (including phenoxy) is 2. The predicted molar refractivity (Wildman–Crippen MR) is 82.3 cm³/mol. The number of hydrogen-bond acceptors (Lipinski definition) is 4. The highest BCUT2D eigenvalue weighted by molar-refractivity contribution is 5.82. The van der Waals surface area contributed by atoms with Gasteiger partial charge in [-0.2, -0.15) is 0 Å². The van der Waals surface area contributed by atoms with Gasteiger partial charge in [0.15, 0.2) is 11.5 Å². The minimum Gasteiger partial charge on any atom is -0.493 e. The SMILES string of the molecule is COc1ccc(CCN(CC(=O)O)C(=O)C(C)C)cc1OC. The van der Waals surface area contributed by atoms with Gasteiger partial charge >= 0.3 is 5.97 Å². The number of rotatable bonds is 8. The molecule has 1 N–H and O–H groups in total. The molecule has 1 rings (SSSR count). The molecule has 0 fully saturated rings. The van der Waals surface area contributed by atoms with E-state index in [1.54, 1.807) is 34.1 Å². The molecule has 22 heavy (non-hydrogen) atoms. The molecule has 6 nitrogen and oxygen atoms in total.